The average Bonchev–Trinajstić information content (AvgIpc) is 2.98. The number of thioether (sulfide) groups is 1. The van der Waals surface area contributed by atoms with Crippen LogP contribution in [0.1, 0.15) is 23.9 Å². The number of H-pyrrole nitrogens is 1. The predicted octanol–water partition coefficient (Wildman–Crippen LogP) is 2.73. The molecule has 130 valence electrons. The molecule has 0 amide bonds. The fourth-order valence-electron chi connectivity index (χ4n) is 2.31. The molecule has 1 unspecified atom stereocenters. The first kappa shape index (κ1) is 18.4. The summed E-state index contributed by atoms with van der Waals surface area (Å²) in [5.74, 6) is 2.98. The number of benzene rings is 1. The lowest BCUT2D eigenvalue weighted by atomic mass is 10.1. The quantitative estimate of drug-likeness (QED) is 0.371. The number of aromatic nitrogens is 2. The molecule has 5 nitrogen and oxygen atoms in total. The van der Waals surface area contributed by atoms with Crippen molar-refractivity contribution in [1.82, 2.24) is 15.3 Å². The van der Waals surface area contributed by atoms with Crippen molar-refractivity contribution in [2.24, 2.45) is 16.6 Å². The molecule has 2 rings (SSSR count). The van der Waals surface area contributed by atoms with Crippen molar-refractivity contribution in [3.05, 3.63) is 53.6 Å². The largest absolute Gasteiger partial charge is 0.370 e. The highest BCUT2D eigenvalue weighted by Gasteiger charge is 2.07. The highest BCUT2D eigenvalue weighted by atomic mass is 32.2. The Hall–Kier alpha value is -1.95. The lowest BCUT2D eigenvalue weighted by Crippen LogP contribution is -2.33. The van der Waals surface area contributed by atoms with Gasteiger partial charge in [0, 0.05) is 30.3 Å². The molecule has 0 saturated heterocycles. The minimum Gasteiger partial charge on any atom is -0.370 e. The summed E-state index contributed by atoms with van der Waals surface area (Å²) in [5, 5.41) is 3.18. The first-order chi connectivity index (χ1) is 11.6. The smallest absolute Gasteiger partial charge is 0.188 e. The fraction of sp³-hybridized carbons (Fsp3) is 0.444. The number of imidazole rings is 1. The van der Waals surface area contributed by atoms with Crippen molar-refractivity contribution < 1.29 is 0 Å². The van der Waals surface area contributed by atoms with Gasteiger partial charge in [0.05, 0.1) is 12.0 Å². The zero-order valence-corrected chi connectivity index (χ0v) is 15.3. The van der Waals surface area contributed by atoms with E-state index in [2.05, 4.69) is 51.5 Å². The lowest BCUT2D eigenvalue weighted by Gasteiger charge is -2.09. The van der Waals surface area contributed by atoms with E-state index < -0.39 is 0 Å². The van der Waals surface area contributed by atoms with E-state index in [1.165, 1.54) is 5.56 Å². The molecular formula is C18H27N5S. The molecule has 0 aliphatic carbocycles. The van der Waals surface area contributed by atoms with E-state index in [1.807, 2.05) is 24.8 Å². The van der Waals surface area contributed by atoms with Crippen LogP contribution in [-0.4, -0.2) is 34.8 Å². The van der Waals surface area contributed by atoms with Crippen LogP contribution in [0.15, 0.2) is 41.7 Å². The summed E-state index contributed by atoms with van der Waals surface area (Å²) in [7, 11) is 0. The molecule has 0 bridgehead atoms. The van der Waals surface area contributed by atoms with E-state index in [1.54, 1.807) is 6.33 Å². The maximum Gasteiger partial charge on any atom is 0.188 e. The molecular weight excluding hydrogens is 318 g/mol. The Morgan fingerprint density at radius 1 is 1.38 bits per heavy atom. The van der Waals surface area contributed by atoms with Crippen molar-refractivity contribution in [3.63, 3.8) is 0 Å². The summed E-state index contributed by atoms with van der Waals surface area (Å²) in [6.07, 6.45) is 2.66. The van der Waals surface area contributed by atoms with Gasteiger partial charge in [0.1, 0.15) is 0 Å². The highest BCUT2D eigenvalue weighted by Crippen LogP contribution is 2.11. The number of nitrogens with zero attached hydrogens (tertiary/aromatic N) is 2. The van der Waals surface area contributed by atoms with E-state index in [9.17, 15) is 0 Å². The highest BCUT2D eigenvalue weighted by molar-refractivity contribution is 7.98. The average molecular weight is 346 g/mol. The van der Waals surface area contributed by atoms with Crippen LogP contribution in [0.3, 0.4) is 0 Å². The Kier molecular flexibility index (Phi) is 7.68. The minimum absolute atomic E-state index is 0.416. The predicted molar refractivity (Wildman–Crippen MR) is 103 cm³/mol. The van der Waals surface area contributed by atoms with Crippen molar-refractivity contribution in [2.75, 3.05) is 18.8 Å². The first-order valence-corrected chi connectivity index (χ1v) is 9.45. The maximum atomic E-state index is 5.93. The fourth-order valence-corrected chi connectivity index (χ4v) is 3.13. The number of rotatable bonds is 9. The maximum absolute atomic E-state index is 5.93. The van der Waals surface area contributed by atoms with Crippen molar-refractivity contribution in [2.45, 2.75) is 26.0 Å². The number of aryl methyl sites for hydroxylation is 1. The summed E-state index contributed by atoms with van der Waals surface area (Å²) < 4.78 is 0. The Morgan fingerprint density at radius 2 is 2.17 bits per heavy atom. The monoisotopic (exact) mass is 345 g/mol. The molecule has 0 saturated carbocycles. The van der Waals surface area contributed by atoms with E-state index >= 15 is 0 Å². The third kappa shape index (κ3) is 6.66. The molecule has 0 spiro atoms. The topological polar surface area (TPSA) is 79.1 Å². The zero-order valence-electron chi connectivity index (χ0n) is 14.5. The van der Waals surface area contributed by atoms with Gasteiger partial charge in [0.15, 0.2) is 5.96 Å². The molecule has 1 atom stereocenters. The molecule has 4 N–H and O–H groups in total. The van der Waals surface area contributed by atoms with Gasteiger partial charge in [0.2, 0.25) is 0 Å². The van der Waals surface area contributed by atoms with Crippen LogP contribution in [0.4, 0.5) is 0 Å². The third-order valence-corrected chi connectivity index (χ3v) is 4.74. The minimum atomic E-state index is 0.416. The van der Waals surface area contributed by atoms with E-state index in [4.69, 9.17) is 5.73 Å². The third-order valence-electron chi connectivity index (χ3n) is 3.71. The lowest BCUT2D eigenvalue weighted by molar-refractivity contribution is 0.583. The van der Waals surface area contributed by atoms with Crippen LogP contribution in [0.25, 0.3) is 0 Å². The standard InChI is InChI=1S/C18H27N5S/c1-14(10-17-15(2)22-13-23-17)11-21-18(19)20-8-9-24-12-16-6-4-3-5-7-16/h3-7,13-14H,8-12H2,1-2H3,(H,22,23)(H3,19,20,21). The van der Waals surface area contributed by atoms with Crippen LogP contribution >= 0.6 is 11.8 Å². The summed E-state index contributed by atoms with van der Waals surface area (Å²) in [5.41, 5.74) is 9.52. The second kappa shape index (κ2) is 10.0. The van der Waals surface area contributed by atoms with Crippen molar-refractivity contribution >= 4 is 17.7 Å². The number of nitrogens with two attached hydrogens (primary N) is 1. The number of aromatic amines is 1. The molecule has 0 aliphatic heterocycles. The van der Waals surface area contributed by atoms with Gasteiger partial charge < -0.3 is 16.0 Å². The number of aliphatic imine (C=N–C) groups is 1. The molecule has 1 heterocycles. The molecule has 6 heteroatoms. The van der Waals surface area contributed by atoms with Crippen molar-refractivity contribution in [1.29, 1.82) is 0 Å². The first-order valence-electron chi connectivity index (χ1n) is 8.29. The van der Waals surface area contributed by atoms with Gasteiger partial charge in [-0.3, -0.25) is 4.99 Å². The summed E-state index contributed by atoms with van der Waals surface area (Å²) >= 11 is 1.89. The molecule has 0 radical (unpaired) electrons. The van der Waals surface area contributed by atoms with Crippen LogP contribution in [0, 0.1) is 12.8 Å². The van der Waals surface area contributed by atoms with Gasteiger partial charge in [-0.1, -0.05) is 37.3 Å². The van der Waals surface area contributed by atoms with E-state index in [0.29, 0.717) is 18.4 Å². The van der Waals surface area contributed by atoms with Crippen LogP contribution in [0.2, 0.25) is 0 Å². The SMILES string of the molecule is Cc1[nH]cnc1CC(C)CN=C(N)NCCSCc1ccccc1. The molecule has 2 aromatic rings. The van der Waals surface area contributed by atoms with Gasteiger partial charge >= 0.3 is 0 Å². The van der Waals surface area contributed by atoms with E-state index in [-0.39, 0.29) is 0 Å². The van der Waals surface area contributed by atoms with Gasteiger partial charge in [-0.2, -0.15) is 11.8 Å². The Balaban J connectivity index is 1.59. The van der Waals surface area contributed by atoms with Gasteiger partial charge in [-0.05, 0) is 24.8 Å². The molecule has 0 aliphatic rings. The van der Waals surface area contributed by atoms with Crippen LogP contribution < -0.4 is 11.1 Å². The molecule has 1 aromatic heterocycles. The number of hydrogen-bond donors (Lipinski definition) is 3. The second-order valence-corrected chi connectivity index (χ2v) is 7.08. The normalized spacial score (nSPS) is 13.0. The number of nitrogens with one attached hydrogen (secondary N) is 2. The van der Waals surface area contributed by atoms with Crippen LogP contribution in [0.5, 0.6) is 0 Å². The van der Waals surface area contributed by atoms with Gasteiger partial charge in [0.25, 0.3) is 0 Å². The molecule has 0 fully saturated rings. The van der Waals surface area contributed by atoms with Gasteiger partial charge in [-0.15, -0.1) is 0 Å². The summed E-state index contributed by atoms with van der Waals surface area (Å²) in [6.45, 7) is 5.75. The zero-order chi connectivity index (χ0) is 17.2. The molecule has 1 aromatic carbocycles. The summed E-state index contributed by atoms with van der Waals surface area (Å²) in [4.78, 5) is 11.9. The summed E-state index contributed by atoms with van der Waals surface area (Å²) in [6, 6.07) is 10.5. The Bertz CT molecular complexity index is 623. The Morgan fingerprint density at radius 3 is 2.88 bits per heavy atom. The molecule has 24 heavy (non-hydrogen) atoms. The van der Waals surface area contributed by atoms with Gasteiger partial charge in [-0.25, -0.2) is 4.98 Å². The number of hydrogen-bond acceptors (Lipinski definition) is 3. The van der Waals surface area contributed by atoms with E-state index in [0.717, 1.165) is 35.9 Å². The second-order valence-electron chi connectivity index (χ2n) is 5.97. The number of guanidine groups is 1. The Labute approximate surface area is 148 Å². The van der Waals surface area contributed by atoms with Crippen LogP contribution in [-0.2, 0) is 12.2 Å². The van der Waals surface area contributed by atoms with Crippen molar-refractivity contribution in [3.8, 4) is 0 Å².